The van der Waals surface area contributed by atoms with E-state index < -0.39 is 6.17 Å². The third-order valence-corrected chi connectivity index (χ3v) is 10.3. The van der Waals surface area contributed by atoms with E-state index in [1.54, 1.807) is 18.3 Å². The van der Waals surface area contributed by atoms with Crippen molar-refractivity contribution in [2.75, 3.05) is 44.3 Å². The van der Waals surface area contributed by atoms with Crippen LogP contribution in [0.1, 0.15) is 44.6 Å². The minimum atomic E-state index is -0.886. The van der Waals surface area contributed by atoms with E-state index in [1.807, 2.05) is 6.92 Å². The molecule has 8 rings (SSSR count). The number of halogens is 2. The summed E-state index contributed by atoms with van der Waals surface area (Å²) in [6, 6.07) is 6.16. The predicted molar refractivity (Wildman–Crippen MR) is 162 cm³/mol. The van der Waals surface area contributed by atoms with Gasteiger partial charge in [0.1, 0.15) is 41.4 Å². The van der Waals surface area contributed by atoms with Gasteiger partial charge < -0.3 is 24.6 Å². The van der Waals surface area contributed by atoms with Crippen LogP contribution in [0, 0.1) is 5.82 Å². The molecule has 1 spiro atoms. The Bertz CT molecular complexity index is 1800. The molecule has 4 aromatic rings. The van der Waals surface area contributed by atoms with Crippen molar-refractivity contribution in [2.45, 2.75) is 62.8 Å². The van der Waals surface area contributed by atoms with E-state index in [1.165, 1.54) is 12.1 Å². The van der Waals surface area contributed by atoms with Crippen LogP contribution < -0.4 is 9.64 Å². The number of aryl methyl sites for hydroxylation is 1. The molecule has 2 N–H and O–H groups in total. The first-order chi connectivity index (χ1) is 21.3. The Hall–Kier alpha value is -3.83. The number of fused-ring (bicyclic) bond motifs is 3. The number of aromatic nitrogens is 3. The molecule has 4 aliphatic rings. The fourth-order valence-electron chi connectivity index (χ4n) is 7.96. The average Bonchev–Trinajstić information content (AvgIpc) is 3.69. The Labute approximate surface area is 253 Å². The summed E-state index contributed by atoms with van der Waals surface area (Å²) in [6.07, 6.45) is 5.25. The molecule has 2 aromatic carbocycles. The smallest absolute Gasteiger partial charge is 0.319 e. The fourth-order valence-corrected chi connectivity index (χ4v) is 7.96. The van der Waals surface area contributed by atoms with Crippen molar-refractivity contribution < 1.29 is 28.5 Å². The number of hydrogen-bond acceptors (Lipinski definition) is 9. The molecule has 0 saturated carbocycles. The van der Waals surface area contributed by atoms with Crippen LogP contribution in [-0.4, -0.2) is 86.8 Å². The van der Waals surface area contributed by atoms with Crippen LogP contribution >= 0.6 is 0 Å². The molecule has 0 radical (unpaired) electrons. The molecule has 11 heteroatoms. The molecule has 0 aliphatic carbocycles. The molecule has 4 fully saturated rings. The van der Waals surface area contributed by atoms with Crippen molar-refractivity contribution in [1.29, 1.82) is 0 Å². The zero-order valence-electron chi connectivity index (χ0n) is 24.7. The molecular weight excluding hydrogens is 568 g/mol. The second-order valence-corrected chi connectivity index (χ2v) is 12.8. The average molecular weight is 604 g/mol. The maximum absolute atomic E-state index is 14.9. The number of pyridine rings is 1. The zero-order valence-corrected chi connectivity index (χ0v) is 24.7. The minimum absolute atomic E-state index is 0.0270. The summed E-state index contributed by atoms with van der Waals surface area (Å²) in [6.45, 7) is 5.48. The zero-order chi connectivity index (χ0) is 30.2. The number of phenolic OH excluding ortho intramolecular Hbond substituents is 1. The van der Waals surface area contributed by atoms with Gasteiger partial charge in [0.15, 0.2) is 5.75 Å². The van der Waals surface area contributed by atoms with Gasteiger partial charge in [-0.05, 0) is 66.8 Å². The maximum Gasteiger partial charge on any atom is 0.319 e. The molecule has 2 aromatic heterocycles. The van der Waals surface area contributed by atoms with Crippen LogP contribution in [0.15, 0.2) is 30.5 Å². The molecule has 3 atom stereocenters. The number of phenols is 1. The van der Waals surface area contributed by atoms with Crippen LogP contribution in [0.2, 0.25) is 0 Å². The molecule has 0 amide bonds. The maximum atomic E-state index is 14.9. The number of aromatic hydroxyl groups is 2. The first kappa shape index (κ1) is 27.7. The van der Waals surface area contributed by atoms with Crippen molar-refractivity contribution >= 4 is 27.5 Å². The number of hydrogen-bond donors (Lipinski definition) is 2. The minimum Gasteiger partial charge on any atom is -0.508 e. The summed E-state index contributed by atoms with van der Waals surface area (Å²) in [7, 11) is 0. The third kappa shape index (κ3) is 4.27. The number of anilines is 1. The number of rotatable bonds is 6. The lowest BCUT2D eigenvalue weighted by Crippen LogP contribution is -2.46. The Morgan fingerprint density at radius 2 is 2.00 bits per heavy atom. The van der Waals surface area contributed by atoms with Crippen LogP contribution in [-0.2, 0) is 11.2 Å². The monoisotopic (exact) mass is 603 g/mol. The van der Waals surface area contributed by atoms with Crippen LogP contribution in [0.3, 0.4) is 0 Å². The Kier molecular flexibility index (Phi) is 6.36. The van der Waals surface area contributed by atoms with Gasteiger partial charge in [-0.1, -0.05) is 13.0 Å². The Morgan fingerprint density at radius 3 is 2.77 bits per heavy atom. The third-order valence-electron chi connectivity index (χ3n) is 10.3. The molecule has 0 bridgehead atoms. The number of benzene rings is 2. The van der Waals surface area contributed by atoms with E-state index in [0.29, 0.717) is 65.6 Å². The molecule has 6 heterocycles. The molecule has 230 valence electrons. The van der Waals surface area contributed by atoms with E-state index in [-0.39, 0.29) is 52.3 Å². The normalized spacial score (nSPS) is 26.6. The summed E-state index contributed by atoms with van der Waals surface area (Å²) < 4.78 is 41.6. The molecule has 44 heavy (non-hydrogen) atoms. The molecule has 4 aliphatic heterocycles. The first-order valence-corrected chi connectivity index (χ1v) is 15.5. The highest BCUT2D eigenvalue weighted by atomic mass is 19.1. The van der Waals surface area contributed by atoms with Gasteiger partial charge in [0.25, 0.3) is 0 Å². The Balaban J connectivity index is 1.26. The lowest BCUT2D eigenvalue weighted by Gasteiger charge is -2.38. The fraction of sp³-hybridized carbons (Fsp3) is 0.485. The standard InChI is InChI=1S/C33H35F2N5O4/c1-2-22-25(35)5-4-19-12-21(41)13-23(26(19)22)27-29(42)28-24(15-36-27)30(39-10-7-33(17-39)8-11-44-33)38-31(37-28)43-18-32-6-3-9-40(32)16-20(34)14-32/h4-5,12-13,15,20,41-42H,2-3,6-11,14,16-18H2,1H3/t20-,32+,33?/m1/s1. The van der Waals surface area contributed by atoms with E-state index in [2.05, 4.69) is 19.8 Å². The van der Waals surface area contributed by atoms with Gasteiger partial charge in [0, 0.05) is 44.2 Å². The van der Waals surface area contributed by atoms with Gasteiger partial charge >= 0.3 is 6.01 Å². The van der Waals surface area contributed by atoms with Crippen molar-refractivity contribution in [3.8, 4) is 28.8 Å². The van der Waals surface area contributed by atoms with Gasteiger partial charge in [-0.25, -0.2) is 8.78 Å². The number of nitrogens with zero attached hydrogens (tertiary/aromatic N) is 5. The van der Waals surface area contributed by atoms with Crippen molar-refractivity contribution in [3.63, 3.8) is 0 Å². The van der Waals surface area contributed by atoms with Crippen molar-refractivity contribution in [2.24, 2.45) is 0 Å². The summed E-state index contributed by atoms with van der Waals surface area (Å²) in [5.41, 5.74) is 0.706. The van der Waals surface area contributed by atoms with Crippen molar-refractivity contribution in [3.05, 3.63) is 41.8 Å². The second kappa shape index (κ2) is 10.1. The number of alkyl halides is 1. The summed E-state index contributed by atoms with van der Waals surface area (Å²) in [5.74, 6) is -0.0194. The molecule has 1 unspecified atom stereocenters. The van der Waals surface area contributed by atoms with Gasteiger partial charge in [-0.2, -0.15) is 9.97 Å². The van der Waals surface area contributed by atoms with E-state index in [4.69, 9.17) is 14.5 Å². The topological polar surface area (TPSA) is 104 Å². The molecular formula is C33H35F2N5O4. The van der Waals surface area contributed by atoms with E-state index >= 15 is 0 Å². The SMILES string of the molecule is CCc1c(F)ccc2cc(O)cc(-c3ncc4c(N5CCC6(CCO6)C5)nc(OC[C@@]56CCCN5C[C@H](F)C6)nc4c3O)c12. The highest BCUT2D eigenvalue weighted by molar-refractivity contribution is 6.04. The Morgan fingerprint density at radius 1 is 1.14 bits per heavy atom. The van der Waals surface area contributed by atoms with Crippen LogP contribution in [0.25, 0.3) is 32.9 Å². The van der Waals surface area contributed by atoms with Gasteiger partial charge in [-0.3, -0.25) is 9.88 Å². The highest BCUT2D eigenvalue weighted by Gasteiger charge is 2.50. The van der Waals surface area contributed by atoms with E-state index in [9.17, 15) is 19.0 Å². The van der Waals surface area contributed by atoms with E-state index in [0.717, 1.165) is 38.8 Å². The van der Waals surface area contributed by atoms with Crippen LogP contribution in [0.4, 0.5) is 14.6 Å². The lowest BCUT2D eigenvalue weighted by molar-refractivity contribution is -0.130. The number of ether oxygens (including phenoxy) is 2. The largest absolute Gasteiger partial charge is 0.508 e. The van der Waals surface area contributed by atoms with Crippen molar-refractivity contribution in [1.82, 2.24) is 19.9 Å². The predicted octanol–water partition coefficient (Wildman–Crippen LogP) is 5.28. The quantitative estimate of drug-likeness (QED) is 0.305. The summed E-state index contributed by atoms with van der Waals surface area (Å²) in [5, 5.41) is 24.2. The van der Waals surface area contributed by atoms with Crippen LogP contribution in [0.5, 0.6) is 17.5 Å². The van der Waals surface area contributed by atoms with Gasteiger partial charge in [-0.15, -0.1) is 0 Å². The second-order valence-electron chi connectivity index (χ2n) is 12.8. The van der Waals surface area contributed by atoms with Gasteiger partial charge in [0.05, 0.1) is 23.1 Å². The van der Waals surface area contributed by atoms with Gasteiger partial charge in [0.2, 0.25) is 0 Å². The highest BCUT2D eigenvalue weighted by Crippen LogP contribution is 2.45. The molecule has 4 saturated heterocycles. The summed E-state index contributed by atoms with van der Waals surface area (Å²) in [4.78, 5) is 18.5. The first-order valence-electron chi connectivity index (χ1n) is 15.5. The summed E-state index contributed by atoms with van der Waals surface area (Å²) >= 11 is 0. The lowest BCUT2D eigenvalue weighted by atomic mass is 9.94. The molecule has 9 nitrogen and oxygen atoms in total.